The maximum absolute atomic E-state index is 5.42. The highest BCUT2D eigenvalue weighted by atomic mass is 16.5. The quantitative estimate of drug-likeness (QED) is 0.735. The molecule has 2 aliphatic heterocycles. The molecule has 0 saturated carbocycles. The lowest BCUT2D eigenvalue weighted by Crippen LogP contribution is -2.37. The van der Waals surface area contributed by atoms with Crippen LogP contribution in [-0.2, 0) is 4.74 Å². The van der Waals surface area contributed by atoms with Gasteiger partial charge in [0.1, 0.15) is 0 Å². The van der Waals surface area contributed by atoms with Crippen LogP contribution < -0.4 is 4.90 Å². The summed E-state index contributed by atoms with van der Waals surface area (Å²) in [6.45, 7) is 7.70. The van der Waals surface area contributed by atoms with E-state index in [2.05, 4.69) is 45.1 Å². The maximum atomic E-state index is 5.42. The zero-order valence-corrected chi connectivity index (χ0v) is 15.8. The molecular formula is C22H31N3O. The molecule has 0 atom stereocenters. The number of fused-ring (bicyclic) bond motifs is 1. The number of morpholine rings is 1. The van der Waals surface area contributed by atoms with Crippen LogP contribution in [0.3, 0.4) is 0 Å². The summed E-state index contributed by atoms with van der Waals surface area (Å²) >= 11 is 0. The molecule has 140 valence electrons. The van der Waals surface area contributed by atoms with Crippen LogP contribution in [0.25, 0.3) is 10.9 Å². The number of benzene rings is 1. The van der Waals surface area contributed by atoms with E-state index < -0.39 is 0 Å². The Hall–Kier alpha value is -1.65. The Labute approximate surface area is 157 Å². The van der Waals surface area contributed by atoms with Crippen molar-refractivity contribution in [2.75, 3.05) is 50.8 Å². The Morgan fingerprint density at radius 1 is 0.962 bits per heavy atom. The van der Waals surface area contributed by atoms with Crippen LogP contribution in [-0.4, -0.2) is 55.8 Å². The van der Waals surface area contributed by atoms with Gasteiger partial charge in [0.25, 0.3) is 0 Å². The predicted molar refractivity (Wildman–Crippen MR) is 108 cm³/mol. The summed E-state index contributed by atoms with van der Waals surface area (Å²) in [5.41, 5.74) is 2.47. The second-order valence-corrected chi connectivity index (χ2v) is 7.73. The van der Waals surface area contributed by atoms with E-state index in [1.54, 1.807) is 0 Å². The fourth-order valence-corrected chi connectivity index (χ4v) is 4.41. The van der Waals surface area contributed by atoms with E-state index in [-0.39, 0.29) is 0 Å². The standard InChI is InChI=1S/C22H31N3O/c1-2-7-21-20(6-1)22(8-11-23-21)25-13-9-19(10-14-25)5-3-4-12-24-15-17-26-18-16-24/h1-2,6-8,11,19H,3-5,9-10,12-18H2. The third-order valence-electron chi connectivity index (χ3n) is 6.02. The number of unbranched alkanes of at least 4 members (excludes halogenated alkanes) is 1. The summed E-state index contributed by atoms with van der Waals surface area (Å²) in [6.07, 6.45) is 8.72. The van der Waals surface area contributed by atoms with Gasteiger partial charge in [-0.15, -0.1) is 0 Å². The van der Waals surface area contributed by atoms with Crippen molar-refractivity contribution in [2.45, 2.75) is 32.1 Å². The van der Waals surface area contributed by atoms with Gasteiger partial charge in [0.2, 0.25) is 0 Å². The molecule has 4 rings (SSSR count). The van der Waals surface area contributed by atoms with E-state index in [0.29, 0.717) is 0 Å². The zero-order chi connectivity index (χ0) is 17.6. The van der Waals surface area contributed by atoms with Gasteiger partial charge in [-0.05, 0) is 43.9 Å². The van der Waals surface area contributed by atoms with Crippen LogP contribution >= 0.6 is 0 Å². The number of pyridine rings is 1. The van der Waals surface area contributed by atoms with Gasteiger partial charge in [-0.1, -0.05) is 31.0 Å². The summed E-state index contributed by atoms with van der Waals surface area (Å²) < 4.78 is 5.42. The number of hydrogen-bond acceptors (Lipinski definition) is 4. The summed E-state index contributed by atoms with van der Waals surface area (Å²) in [7, 11) is 0. The van der Waals surface area contributed by atoms with Gasteiger partial charge in [-0.25, -0.2) is 0 Å². The van der Waals surface area contributed by atoms with Crippen LogP contribution in [0.15, 0.2) is 36.5 Å². The van der Waals surface area contributed by atoms with Crippen molar-refractivity contribution in [3.05, 3.63) is 36.5 Å². The van der Waals surface area contributed by atoms with Crippen molar-refractivity contribution in [1.82, 2.24) is 9.88 Å². The normalized spacial score (nSPS) is 19.9. The predicted octanol–water partition coefficient (Wildman–Crippen LogP) is 3.95. The molecule has 0 unspecified atom stereocenters. The van der Waals surface area contributed by atoms with Crippen LogP contribution in [0, 0.1) is 5.92 Å². The topological polar surface area (TPSA) is 28.6 Å². The van der Waals surface area contributed by atoms with Crippen molar-refractivity contribution >= 4 is 16.6 Å². The minimum absolute atomic E-state index is 0.907. The van der Waals surface area contributed by atoms with Crippen molar-refractivity contribution in [3.63, 3.8) is 0 Å². The minimum Gasteiger partial charge on any atom is -0.379 e. The van der Waals surface area contributed by atoms with Gasteiger partial charge in [-0.3, -0.25) is 9.88 Å². The molecule has 0 bridgehead atoms. The highest BCUT2D eigenvalue weighted by Crippen LogP contribution is 2.30. The number of nitrogens with zero attached hydrogens (tertiary/aromatic N) is 3. The average molecular weight is 354 g/mol. The third-order valence-corrected chi connectivity index (χ3v) is 6.02. The summed E-state index contributed by atoms with van der Waals surface area (Å²) in [6, 6.07) is 10.7. The summed E-state index contributed by atoms with van der Waals surface area (Å²) in [4.78, 5) is 9.62. The summed E-state index contributed by atoms with van der Waals surface area (Å²) in [5, 5.41) is 1.29. The molecule has 3 heterocycles. The number of aromatic nitrogens is 1. The molecule has 2 aliphatic rings. The van der Waals surface area contributed by atoms with E-state index in [1.807, 2.05) is 6.20 Å². The molecule has 0 N–H and O–H groups in total. The largest absolute Gasteiger partial charge is 0.379 e. The number of rotatable bonds is 6. The van der Waals surface area contributed by atoms with E-state index in [0.717, 1.165) is 37.7 Å². The number of para-hydroxylation sites is 1. The van der Waals surface area contributed by atoms with Gasteiger partial charge in [0.15, 0.2) is 0 Å². The van der Waals surface area contributed by atoms with Gasteiger partial charge < -0.3 is 9.64 Å². The first-order chi connectivity index (χ1) is 12.9. The van der Waals surface area contributed by atoms with Crippen LogP contribution in [0.4, 0.5) is 5.69 Å². The van der Waals surface area contributed by atoms with Crippen LogP contribution in [0.5, 0.6) is 0 Å². The number of piperidine rings is 1. The molecule has 4 heteroatoms. The lowest BCUT2D eigenvalue weighted by atomic mass is 9.91. The van der Waals surface area contributed by atoms with Crippen LogP contribution in [0.1, 0.15) is 32.1 Å². The zero-order valence-electron chi connectivity index (χ0n) is 15.8. The van der Waals surface area contributed by atoms with Crippen molar-refractivity contribution in [3.8, 4) is 0 Å². The molecule has 0 spiro atoms. The Morgan fingerprint density at radius 3 is 2.62 bits per heavy atom. The SMILES string of the molecule is c1ccc2c(N3CCC(CCCCN4CCOCC4)CC3)ccnc2c1. The first-order valence-electron chi connectivity index (χ1n) is 10.3. The molecule has 2 saturated heterocycles. The van der Waals surface area contributed by atoms with Gasteiger partial charge in [0, 0.05) is 43.4 Å². The maximum Gasteiger partial charge on any atom is 0.0722 e. The first kappa shape index (κ1) is 17.7. The van der Waals surface area contributed by atoms with E-state index in [4.69, 9.17) is 4.74 Å². The lowest BCUT2D eigenvalue weighted by Gasteiger charge is -2.34. The Balaban J connectivity index is 1.22. The molecule has 1 aromatic heterocycles. The highest BCUT2D eigenvalue weighted by molar-refractivity contribution is 5.91. The molecule has 2 aromatic rings. The Kier molecular flexibility index (Phi) is 6.03. The number of ether oxygens (including phenoxy) is 1. The first-order valence-corrected chi connectivity index (χ1v) is 10.3. The monoisotopic (exact) mass is 353 g/mol. The van der Waals surface area contributed by atoms with Gasteiger partial charge >= 0.3 is 0 Å². The van der Waals surface area contributed by atoms with E-state index in [9.17, 15) is 0 Å². The molecular weight excluding hydrogens is 322 g/mol. The van der Waals surface area contributed by atoms with Crippen molar-refractivity contribution in [2.24, 2.45) is 5.92 Å². The minimum atomic E-state index is 0.907. The molecule has 26 heavy (non-hydrogen) atoms. The number of hydrogen-bond donors (Lipinski definition) is 0. The van der Waals surface area contributed by atoms with E-state index in [1.165, 1.54) is 62.8 Å². The van der Waals surface area contributed by atoms with Crippen molar-refractivity contribution < 1.29 is 4.74 Å². The van der Waals surface area contributed by atoms with Crippen molar-refractivity contribution in [1.29, 1.82) is 0 Å². The van der Waals surface area contributed by atoms with Gasteiger partial charge in [0.05, 0.1) is 18.7 Å². The Morgan fingerprint density at radius 2 is 1.77 bits per heavy atom. The lowest BCUT2D eigenvalue weighted by molar-refractivity contribution is 0.0369. The molecule has 0 amide bonds. The smallest absolute Gasteiger partial charge is 0.0722 e. The van der Waals surface area contributed by atoms with E-state index >= 15 is 0 Å². The second-order valence-electron chi connectivity index (χ2n) is 7.73. The fourth-order valence-electron chi connectivity index (χ4n) is 4.41. The van der Waals surface area contributed by atoms with Crippen LogP contribution in [0.2, 0.25) is 0 Å². The molecule has 1 aromatic carbocycles. The third kappa shape index (κ3) is 4.36. The molecule has 2 fully saturated rings. The fraction of sp³-hybridized carbons (Fsp3) is 0.591. The summed E-state index contributed by atoms with van der Waals surface area (Å²) in [5.74, 6) is 0.907. The average Bonchev–Trinajstić information content (AvgIpc) is 2.72. The second kappa shape index (κ2) is 8.83. The van der Waals surface area contributed by atoms with Gasteiger partial charge in [-0.2, -0.15) is 0 Å². The molecule has 0 radical (unpaired) electrons. The highest BCUT2D eigenvalue weighted by Gasteiger charge is 2.20. The molecule has 0 aliphatic carbocycles. The Bertz CT molecular complexity index is 685. The molecule has 4 nitrogen and oxygen atoms in total. The number of anilines is 1.